The summed E-state index contributed by atoms with van der Waals surface area (Å²) < 4.78 is 4.99. The monoisotopic (exact) mass is 277 g/mol. The number of ether oxygens (including phenoxy) is 1. The number of hydrogen-bond donors (Lipinski definition) is 1. The Bertz CT molecular complexity index is 485. The number of methoxy groups -OCH3 is 1. The average molecular weight is 277 g/mol. The first-order valence-corrected chi connectivity index (χ1v) is 7.22. The van der Waals surface area contributed by atoms with Crippen molar-refractivity contribution in [3.63, 3.8) is 0 Å². The molecule has 0 bridgehead atoms. The lowest BCUT2D eigenvalue weighted by molar-refractivity contribution is 0.0776. The smallest absolute Gasteiger partial charge is 0.257 e. The second-order valence-electron chi connectivity index (χ2n) is 5.42. The second kappa shape index (κ2) is 6.75. The van der Waals surface area contributed by atoms with Crippen LogP contribution in [0.1, 0.15) is 40.7 Å². The van der Waals surface area contributed by atoms with E-state index in [0.717, 1.165) is 32.1 Å². The van der Waals surface area contributed by atoms with Crippen molar-refractivity contribution in [3.8, 4) is 5.75 Å². The molecule has 4 nitrogen and oxygen atoms in total. The summed E-state index contributed by atoms with van der Waals surface area (Å²) in [6, 6.07) is 3.64. The predicted octanol–water partition coefficient (Wildman–Crippen LogP) is 2.38. The molecule has 0 unspecified atom stereocenters. The van der Waals surface area contributed by atoms with Crippen LogP contribution in [0.15, 0.2) is 12.1 Å². The number of fused-ring (bicyclic) bond motifs is 1. The summed E-state index contributed by atoms with van der Waals surface area (Å²) in [7, 11) is 3.41. The average Bonchev–Trinajstić information content (AvgIpc) is 2.46. The Morgan fingerprint density at radius 1 is 1.30 bits per heavy atom. The van der Waals surface area contributed by atoms with Crippen molar-refractivity contribution in [2.24, 2.45) is 0 Å². The summed E-state index contributed by atoms with van der Waals surface area (Å²) in [6.07, 6.45) is 5.13. The minimum atomic E-state index is -0.119. The molecule has 0 saturated carbocycles. The van der Waals surface area contributed by atoms with Crippen LogP contribution in [0.2, 0.25) is 0 Å². The van der Waals surface area contributed by atoms with Gasteiger partial charge in [-0.25, -0.2) is 0 Å². The molecular weight excluding hydrogens is 254 g/mol. The molecule has 0 saturated heterocycles. The quantitative estimate of drug-likeness (QED) is 0.841. The number of phenolic OH excluding ortho intramolecular Hbond substituents is 1. The van der Waals surface area contributed by atoms with E-state index in [9.17, 15) is 9.90 Å². The van der Waals surface area contributed by atoms with Gasteiger partial charge in [0.1, 0.15) is 5.75 Å². The number of rotatable bonds is 5. The van der Waals surface area contributed by atoms with E-state index in [-0.39, 0.29) is 11.7 Å². The zero-order valence-electron chi connectivity index (χ0n) is 12.3. The highest BCUT2D eigenvalue weighted by atomic mass is 16.5. The minimum absolute atomic E-state index is 0.106. The molecule has 1 aliphatic rings. The molecule has 1 N–H and O–H groups in total. The number of benzene rings is 1. The van der Waals surface area contributed by atoms with Crippen LogP contribution < -0.4 is 0 Å². The second-order valence-corrected chi connectivity index (χ2v) is 5.42. The molecule has 0 spiro atoms. The van der Waals surface area contributed by atoms with Gasteiger partial charge in [0, 0.05) is 27.3 Å². The largest absolute Gasteiger partial charge is 0.507 e. The van der Waals surface area contributed by atoms with E-state index in [1.165, 1.54) is 11.1 Å². The Kier molecular flexibility index (Phi) is 5.01. The lowest BCUT2D eigenvalue weighted by Crippen LogP contribution is -2.28. The van der Waals surface area contributed by atoms with Crippen LogP contribution >= 0.6 is 0 Å². The summed E-state index contributed by atoms with van der Waals surface area (Å²) in [5.74, 6) is -0.0128. The third-order valence-corrected chi connectivity index (χ3v) is 3.88. The Labute approximate surface area is 120 Å². The van der Waals surface area contributed by atoms with Gasteiger partial charge in [0.2, 0.25) is 0 Å². The highest BCUT2D eigenvalue weighted by molar-refractivity contribution is 5.97. The number of aromatic hydroxyl groups is 1. The molecule has 2 rings (SSSR count). The fourth-order valence-electron chi connectivity index (χ4n) is 2.70. The third kappa shape index (κ3) is 3.31. The van der Waals surface area contributed by atoms with Crippen molar-refractivity contribution in [2.45, 2.75) is 32.1 Å². The third-order valence-electron chi connectivity index (χ3n) is 3.88. The van der Waals surface area contributed by atoms with Crippen molar-refractivity contribution < 1.29 is 14.6 Å². The van der Waals surface area contributed by atoms with Crippen molar-refractivity contribution in [1.29, 1.82) is 0 Å². The molecule has 0 atom stereocenters. The molecule has 0 heterocycles. The highest BCUT2D eigenvalue weighted by Crippen LogP contribution is 2.29. The van der Waals surface area contributed by atoms with Crippen LogP contribution in [0.4, 0.5) is 0 Å². The van der Waals surface area contributed by atoms with Gasteiger partial charge < -0.3 is 14.7 Å². The number of carbonyl (C=O) groups is 1. The van der Waals surface area contributed by atoms with Gasteiger partial charge in [0.05, 0.1) is 5.56 Å². The van der Waals surface area contributed by atoms with Crippen LogP contribution in [0.3, 0.4) is 0 Å². The molecule has 0 aliphatic heterocycles. The Balaban J connectivity index is 2.13. The van der Waals surface area contributed by atoms with Crippen molar-refractivity contribution in [2.75, 3.05) is 27.3 Å². The van der Waals surface area contributed by atoms with E-state index in [1.807, 2.05) is 6.07 Å². The van der Waals surface area contributed by atoms with E-state index >= 15 is 0 Å². The molecular formula is C16H23NO3. The van der Waals surface area contributed by atoms with Gasteiger partial charge in [0.25, 0.3) is 5.91 Å². The Hall–Kier alpha value is -1.55. The van der Waals surface area contributed by atoms with E-state index in [4.69, 9.17) is 4.74 Å². The SMILES string of the molecule is COCCCN(C)C(=O)c1cc2c(cc1O)CCCC2. The van der Waals surface area contributed by atoms with Gasteiger partial charge in [0.15, 0.2) is 0 Å². The molecule has 110 valence electrons. The van der Waals surface area contributed by atoms with Gasteiger partial charge in [-0.15, -0.1) is 0 Å². The van der Waals surface area contributed by atoms with E-state index in [1.54, 1.807) is 25.1 Å². The molecule has 0 radical (unpaired) electrons. The maximum atomic E-state index is 12.4. The number of carbonyl (C=O) groups excluding carboxylic acids is 1. The topological polar surface area (TPSA) is 49.8 Å². The fraction of sp³-hybridized carbons (Fsp3) is 0.562. The molecule has 1 aromatic carbocycles. The lowest BCUT2D eigenvalue weighted by atomic mass is 9.89. The first kappa shape index (κ1) is 14.9. The van der Waals surface area contributed by atoms with Gasteiger partial charge >= 0.3 is 0 Å². The highest BCUT2D eigenvalue weighted by Gasteiger charge is 2.19. The summed E-state index contributed by atoms with van der Waals surface area (Å²) in [5.41, 5.74) is 2.82. The van der Waals surface area contributed by atoms with Gasteiger partial charge in [-0.1, -0.05) is 0 Å². The number of aryl methyl sites for hydroxylation is 2. The lowest BCUT2D eigenvalue weighted by Gasteiger charge is -2.21. The zero-order chi connectivity index (χ0) is 14.5. The van der Waals surface area contributed by atoms with E-state index < -0.39 is 0 Å². The molecule has 1 aromatic rings. The number of nitrogens with zero attached hydrogens (tertiary/aromatic N) is 1. The van der Waals surface area contributed by atoms with Crippen molar-refractivity contribution in [1.82, 2.24) is 4.90 Å². The summed E-state index contributed by atoms with van der Waals surface area (Å²) >= 11 is 0. The van der Waals surface area contributed by atoms with Crippen molar-refractivity contribution >= 4 is 5.91 Å². The Morgan fingerprint density at radius 2 is 1.95 bits per heavy atom. The van der Waals surface area contributed by atoms with Gasteiger partial charge in [-0.3, -0.25) is 4.79 Å². The molecule has 1 aliphatic carbocycles. The maximum Gasteiger partial charge on any atom is 0.257 e. The standard InChI is InChI=1S/C16H23NO3/c1-17(8-5-9-20-2)16(19)14-10-12-6-3-4-7-13(12)11-15(14)18/h10-11,18H,3-9H2,1-2H3. The fourth-order valence-corrected chi connectivity index (χ4v) is 2.70. The summed E-state index contributed by atoms with van der Waals surface area (Å²) in [6.45, 7) is 1.26. The zero-order valence-corrected chi connectivity index (χ0v) is 12.3. The summed E-state index contributed by atoms with van der Waals surface area (Å²) in [5, 5.41) is 10.1. The van der Waals surface area contributed by atoms with Crippen LogP contribution in [0.25, 0.3) is 0 Å². The molecule has 20 heavy (non-hydrogen) atoms. The molecule has 0 fully saturated rings. The first-order chi connectivity index (χ1) is 9.63. The van der Waals surface area contributed by atoms with Gasteiger partial charge in [-0.2, -0.15) is 0 Å². The minimum Gasteiger partial charge on any atom is -0.507 e. The first-order valence-electron chi connectivity index (χ1n) is 7.22. The number of phenols is 1. The van der Waals surface area contributed by atoms with Crippen LogP contribution in [-0.4, -0.2) is 43.2 Å². The predicted molar refractivity (Wildman–Crippen MR) is 78.2 cm³/mol. The number of hydrogen-bond acceptors (Lipinski definition) is 3. The molecule has 1 amide bonds. The molecule has 0 aromatic heterocycles. The van der Waals surface area contributed by atoms with E-state index in [0.29, 0.717) is 18.7 Å². The normalized spacial score (nSPS) is 13.9. The van der Waals surface area contributed by atoms with Crippen LogP contribution in [0.5, 0.6) is 5.75 Å². The summed E-state index contributed by atoms with van der Waals surface area (Å²) in [4.78, 5) is 14.0. The molecule has 4 heteroatoms. The van der Waals surface area contributed by atoms with Crippen molar-refractivity contribution in [3.05, 3.63) is 28.8 Å². The Morgan fingerprint density at radius 3 is 2.60 bits per heavy atom. The van der Waals surface area contributed by atoms with E-state index in [2.05, 4.69) is 0 Å². The number of amides is 1. The van der Waals surface area contributed by atoms with Gasteiger partial charge in [-0.05, 0) is 55.4 Å². The van der Waals surface area contributed by atoms with Crippen LogP contribution in [0, 0.1) is 0 Å². The maximum absolute atomic E-state index is 12.4. The van der Waals surface area contributed by atoms with Crippen LogP contribution in [-0.2, 0) is 17.6 Å².